The molecule has 3 nitrogen and oxygen atoms in total. The number of nitrogens with two attached hydrogens (primary N) is 1. The first-order chi connectivity index (χ1) is 10.1. The van der Waals surface area contributed by atoms with E-state index in [1.807, 2.05) is 10.9 Å². The lowest BCUT2D eigenvalue weighted by molar-refractivity contribution is 0.689. The van der Waals surface area contributed by atoms with Gasteiger partial charge in [0.15, 0.2) is 0 Å². The Kier molecular flexibility index (Phi) is 3.48. The van der Waals surface area contributed by atoms with Crippen LogP contribution in [0.2, 0.25) is 0 Å². The number of anilines is 1. The second-order valence-electron chi connectivity index (χ2n) is 5.48. The maximum absolute atomic E-state index is 6.11. The van der Waals surface area contributed by atoms with Crippen molar-refractivity contribution >= 4 is 5.69 Å². The van der Waals surface area contributed by atoms with E-state index < -0.39 is 0 Å². The van der Waals surface area contributed by atoms with Gasteiger partial charge in [-0.2, -0.15) is 5.10 Å². The molecule has 0 atom stereocenters. The van der Waals surface area contributed by atoms with E-state index in [9.17, 15) is 0 Å². The number of hydrogen-bond donors (Lipinski definition) is 1. The maximum atomic E-state index is 6.11. The van der Waals surface area contributed by atoms with E-state index in [0.717, 1.165) is 17.8 Å². The van der Waals surface area contributed by atoms with Crippen LogP contribution in [0.4, 0.5) is 5.69 Å². The molecule has 1 aromatic heterocycles. The van der Waals surface area contributed by atoms with Gasteiger partial charge in [-0.1, -0.05) is 59.7 Å². The van der Waals surface area contributed by atoms with Crippen LogP contribution in [0.5, 0.6) is 0 Å². The SMILES string of the molecule is Cc1ccc(Cn2cc(N)c(-c3ccc(C)cc3)n2)cc1. The Morgan fingerprint density at radius 2 is 1.48 bits per heavy atom. The van der Waals surface area contributed by atoms with Crippen LogP contribution in [0.25, 0.3) is 11.3 Å². The van der Waals surface area contributed by atoms with Crippen LogP contribution in [0.1, 0.15) is 16.7 Å². The standard InChI is InChI=1S/C18H19N3/c1-13-3-7-15(8-4-13)11-21-12-17(19)18(20-21)16-9-5-14(2)6-10-16/h3-10,12H,11,19H2,1-2H3. The van der Waals surface area contributed by atoms with Crippen LogP contribution in [0, 0.1) is 13.8 Å². The minimum atomic E-state index is 0.714. The molecule has 0 saturated heterocycles. The lowest BCUT2D eigenvalue weighted by Gasteiger charge is -2.02. The molecule has 0 amide bonds. The van der Waals surface area contributed by atoms with Crippen LogP contribution in [0.15, 0.2) is 54.7 Å². The molecule has 0 saturated carbocycles. The van der Waals surface area contributed by atoms with Crippen molar-refractivity contribution in [3.63, 3.8) is 0 Å². The van der Waals surface area contributed by atoms with Crippen LogP contribution in [-0.2, 0) is 6.54 Å². The zero-order valence-corrected chi connectivity index (χ0v) is 12.4. The molecule has 3 aromatic rings. The summed E-state index contributed by atoms with van der Waals surface area (Å²) in [6, 6.07) is 16.7. The number of hydrogen-bond acceptors (Lipinski definition) is 2. The number of nitrogen functional groups attached to an aromatic ring is 1. The molecule has 0 unspecified atom stereocenters. The van der Waals surface area contributed by atoms with Crippen molar-refractivity contribution in [1.29, 1.82) is 0 Å². The van der Waals surface area contributed by atoms with E-state index in [2.05, 4.69) is 67.5 Å². The van der Waals surface area contributed by atoms with Gasteiger partial charge in [0.25, 0.3) is 0 Å². The molecule has 3 rings (SSSR count). The Hall–Kier alpha value is -2.55. The zero-order valence-electron chi connectivity index (χ0n) is 12.4. The van der Waals surface area contributed by atoms with Gasteiger partial charge in [-0.25, -0.2) is 0 Å². The van der Waals surface area contributed by atoms with Crippen molar-refractivity contribution < 1.29 is 0 Å². The highest BCUT2D eigenvalue weighted by molar-refractivity contribution is 5.72. The molecule has 0 radical (unpaired) electrons. The summed E-state index contributed by atoms with van der Waals surface area (Å²) in [5, 5.41) is 4.62. The summed E-state index contributed by atoms with van der Waals surface area (Å²) in [6.07, 6.45) is 1.90. The molecule has 21 heavy (non-hydrogen) atoms. The molecule has 3 heteroatoms. The number of aromatic nitrogens is 2. The molecular weight excluding hydrogens is 258 g/mol. The summed E-state index contributed by atoms with van der Waals surface area (Å²) in [4.78, 5) is 0. The lowest BCUT2D eigenvalue weighted by Crippen LogP contribution is -2.00. The van der Waals surface area contributed by atoms with Gasteiger partial charge in [-0.3, -0.25) is 4.68 Å². The maximum Gasteiger partial charge on any atom is 0.115 e. The molecule has 2 N–H and O–H groups in total. The minimum absolute atomic E-state index is 0.714. The predicted octanol–water partition coefficient (Wildman–Crippen LogP) is 3.80. The van der Waals surface area contributed by atoms with Crippen molar-refractivity contribution in [2.24, 2.45) is 0 Å². The lowest BCUT2D eigenvalue weighted by atomic mass is 10.1. The molecule has 2 aromatic carbocycles. The zero-order chi connectivity index (χ0) is 14.8. The van der Waals surface area contributed by atoms with Crippen molar-refractivity contribution in [2.45, 2.75) is 20.4 Å². The largest absolute Gasteiger partial charge is 0.396 e. The van der Waals surface area contributed by atoms with Crippen molar-refractivity contribution in [2.75, 3.05) is 5.73 Å². The highest BCUT2D eigenvalue weighted by Gasteiger charge is 2.08. The average molecular weight is 277 g/mol. The Balaban J connectivity index is 1.87. The summed E-state index contributed by atoms with van der Waals surface area (Å²) >= 11 is 0. The summed E-state index contributed by atoms with van der Waals surface area (Å²) in [6.45, 7) is 4.89. The van der Waals surface area contributed by atoms with Crippen LogP contribution >= 0.6 is 0 Å². The van der Waals surface area contributed by atoms with Gasteiger partial charge in [0.05, 0.1) is 12.2 Å². The van der Waals surface area contributed by atoms with Crippen molar-refractivity contribution in [3.8, 4) is 11.3 Å². The highest BCUT2D eigenvalue weighted by atomic mass is 15.3. The van der Waals surface area contributed by atoms with Crippen molar-refractivity contribution in [3.05, 3.63) is 71.4 Å². The Morgan fingerprint density at radius 1 is 0.905 bits per heavy atom. The fraction of sp³-hybridized carbons (Fsp3) is 0.167. The summed E-state index contributed by atoms with van der Waals surface area (Å²) in [5.74, 6) is 0. The second kappa shape index (κ2) is 5.44. The fourth-order valence-electron chi connectivity index (χ4n) is 2.33. The summed E-state index contributed by atoms with van der Waals surface area (Å²) in [7, 11) is 0. The quantitative estimate of drug-likeness (QED) is 0.791. The molecule has 0 bridgehead atoms. The van der Waals surface area contributed by atoms with Crippen LogP contribution < -0.4 is 5.73 Å². The highest BCUT2D eigenvalue weighted by Crippen LogP contribution is 2.24. The molecule has 0 aliphatic rings. The minimum Gasteiger partial charge on any atom is -0.396 e. The van der Waals surface area contributed by atoms with Gasteiger partial charge in [0.2, 0.25) is 0 Å². The van der Waals surface area contributed by atoms with E-state index in [4.69, 9.17) is 5.73 Å². The first-order valence-corrected chi connectivity index (χ1v) is 7.07. The molecule has 1 heterocycles. The number of benzene rings is 2. The second-order valence-corrected chi connectivity index (χ2v) is 5.48. The van der Waals surface area contributed by atoms with E-state index in [1.54, 1.807) is 0 Å². The Bertz CT molecular complexity index is 737. The first-order valence-electron chi connectivity index (χ1n) is 7.07. The fourth-order valence-corrected chi connectivity index (χ4v) is 2.33. The van der Waals surface area contributed by atoms with Gasteiger partial charge in [0, 0.05) is 11.8 Å². The van der Waals surface area contributed by atoms with Gasteiger partial charge in [-0.05, 0) is 19.4 Å². The molecular formula is C18H19N3. The van der Waals surface area contributed by atoms with Crippen LogP contribution in [-0.4, -0.2) is 9.78 Å². The summed E-state index contributed by atoms with van der Waals surface area (Å²) < 4.78 is 1.90. The van der Waals surface area contributed by atoms with Gasteiger partial charge >= 0.3 is 0 Å². The van der Waals surface area contributed by atoms with Gasteiger partial charge in [0.1, 0.15) is 5.69 Å². The third-order valence-corrected chi connectivity index (χ3v) is 3.58. The molecule has 106 valence electrons. The third kappa shape index (κ3) is 2.97. The van der Waals surface area contributed by atoms with Gasteiger partial charge < -0.3 is 5.73 Å². The monoisotopic (exact) mass is 277 g/mol. The Morgan fingerprint density at radius 3 is 2.10 bits per heavy atom. The van der Waals surface area contributed by atoms with E-state index in [0.29, 0.717) is 5.69 Å². The topological polar surface area (TPSA) is 43.8 Å². The normalized spacial score (nSPS) is 10.8. The van der Waals surface area contributed by atoms with Crippen molar-refractivity contribution in [1.82, 2.24) is 9.78 Å². The number of rotatable bonds is 3. The molecule has 0 aliphatic heterocycles. The Labute approximate surface area is 125 Å². The van der Waals surface area contributed by atoms with Gasteiger partial charge in [-0.15, -0.1) is 0 Å². The van der Waals surface area contributed by atoms with E-state index in [-0.39, 0.29) is 0 Å². The molecule has 0 aliphatic carbocycles. The van der Waals surface area contributed by atoms with E-state index in [1.165, 1.54) is 16.7 Å². The van der Waals surface area contributed by atoms with E-state index >= 15 is 0 Å². The van der Waals surface area contributed by atoms with Crippen LogP contribution in [0.3, 0.4) is 0 Å². The predicted molar refractivity (Wildman–Crippen MR) is 87.1 cm³/mol. The number of nitrogens with zero attached hydrogens (tertiary/aromatic N) is 2. The average Bonchev–Trinajstić information content (AvgIpc) is 2.83. The first kappa shape index (κ1) is 13.4. The molecule has 0 fully saturated rings. The molecule has 0 spiro atoms. The third-order valence-electron chi connectivity index (χ3n) is 3.58. The number of aryl methyl sites for hydroxylation is 2. The summed E-state index contributed by atoms with van der Waals surface area (Å²) in [5.41, 5.74) is 12.4. The smallest absolute Gasteiger partial charge is 0.115 e.